The molecule has 66 heavy (non-hydrogen) atoms. The van der Waals surface area contributed by atoms with Gasteiger partial charge in [-0.2, -0.15) is 0 Å². The minimum absolute atomic E-state index is 0.0916. The number of nitrogens with one attached hydrogen (secondary N) is 1. The summed E-state index contributed by atoms with van der Waals surface area (Å²) in [5, 5.41) is 13.7. The predicted octanol–water partition coefficient (Wildman–Crippen LogP) is 2.83. The maximum atomic E-state index is 14.3. The average Bonchev–Trinajstić information content (AvgIpc) is 3.72. The van der Waals surface area contributed by atoms with Gasteiger partial charge in [-0.3, -0.25) is 43.9 Å². The lowest BCUT2D eigenvalue weighted by Crippen LogP contribution is -2.72. The standard InChI is InChI=1S/C45H56ClN5O14S/c1-25-10-9-11-31(62-8)45(60)23-33(64-42(59)47-45)44(4)24-43(3,65-44)32(22-37(55)49(6)28-19-27(18-25)20-29(61-7)39(28)46)63-41(58)26(2)48(5)34(52)14-17-66-30-21-38(56)51(40(30)57)16-15-50-35(53)12-13-36(50)54/h9-13,19-20,26,30-33,60H,14-18,21-24H2,1-8H3,(H,47,59)/b11-9+,25-10+/t26-,30?,31+,32-,33?,43+,44?,45-/m0/s1. The minimum atomic E-state index is -1.91. The number of methoxy groups -OCH3 is 2. The second kappa shape index (κ2) is 19.9. The summed E-state index contributed by atoms with van der Waals surface area (Å²) in [4.78, 5) is 109. The van der Waals surface area contributed by atoms with E-state index in [1.165, 1.54) is 45.0 Å². The zero-order valence-electron chi connectivity index (χ0n) is 38.1. The van der Waals surface area contributed by atoms with E-state index < -0.39 is 100 Å². The minimum Gasteiger partial charge on any atom is -0.495 e. The number of thioether (sulfide) groups is 1. The zero-order chi connectivity index (χ0) is 48.5. The first-order chi connectivity index (χ1) is 31.0. The van der Waals surface area contributed by atoms with Gasteiger partial charge in [0, 0.05) is 77.9 Å². The van der Waals surface area contributed by atoms with Gasteiger partial charge in [-0.05, 0) is 51.8 Å². The topological polar surface area (TPSA) is 228 Å². The Labute approximate surface area is 391 Å². The number of carbonyl (C=O) groups is 8. The summed E-state index contributed by atoms with van der Waals surface area (Å²) in [5.41, 5.74) is -2.51. The van der Waals surface area contributed by atoms with Crippen LogP contribution < -0.4 is 15.0 Å². The number of benzene rings is 1. The van der Waals surface area contributed by atoms with Crippen LogP contribution in [0.5, 0.6) is 5.75 Å². The van der Waals surface area contributed by atoms with Crippen molar-refractivity contribution < 1.29 is 67.1 Å². The van der Waals surface area contributed by atoms with Crippen LogP contribution in [-0.2, 0) is 58.9 Å². The fourth-order valence-corrected chi connectivity index (χ4v) is 10.3. The van der Waals surface area contributed by atoms with Crippen LogP contribution in [0.2, 0.25) is 5.02 Å². The summed E-state index contributed by atoms with van der Waals surface area (Å²) in [5.74, 6) is -3.36. The molecule has 6 aliphatic rings. The van der Waals surface area contributed by atoms with Crippen LogP contribution in [0.25, 0.3) is 0 Å². The van der Waals surface area contributed by atoms with Gasteiger partial charge in [-0.15, -0.1) is 11.8 Å². The molecule has 7 rings (SSSR count). The maximum absolute atomic E-state index is 14.3. The SMILES string of the molecule is COc1cc2cc(c1Cl)N(C)C(=O)C[C@H](OC(=O)[C@H](C)N(C)C(=O)CCSC1CC(=O)N(CCN3C(=O)C=CC3=O)C1=O)[C@@]1(C)CC(C)(O1)C1C[C@@](O)(NC(=O)O1)[C@H](OC)/C=C/C=C(\C)C2. The number of hydrogen-bond acceptors (Lipinski definition) is 15. The number of aliphatic hydroxyl groups is 1. The molecule has 1 aromatic rings. The fourth-order valence-electron chi connectivity index (χ4n) is 8.85. The molecular formula is C45H56ClN5O14S. The van der Waals surface area contributed by atoms with Gasteiger partial charge in [-0.1, -0.05) is 35.4 Å². The lowest BCUT2D eigenvalue weighted by atomic mass is 9.72. The number of likely N-dealkylation sites (tertiary alicyclic amines) is 1. The van der Waals surface area contributed by atoms with E-state index in [-0.39, 0.29) is 49.5 Å². The largest absolute Gasteiger partial charge is 0.495 e. The van der Waals surface area contributed by atoms with Crippen LogP contribution in [0.3, 0.4) is 0 Å². The van der Waals surface area contributed by atoms with Crippen LogP contribution in [0, 0.1) is 0 Å². The summed E-state index contributed by atoms with van der Waals surface area (Å²) in [7, 11) is 5.80. The number of fused-ring (bicyclic) bond motifs is 6. The van der Waals surface area contributed by atoms with E-state index >= 15 is 0 Å². The van der Waals surface area contributed by atoms with Crippen molar-refractivity contribution in [3.63, 3.8) is 0 Å². The Hall–Kier alpha value is -5.28. The third kappa shape index (κ3) is 10.5. The van der Waals surface area contributed by atoms with Gasteiger partial charge < -0.3 is 38.6 Å². The molecule has 0 spiro atoms. The highest BCUT2D eigenvalue weighted by Gasteiger charge is 2.63. The number of alkyl carbamates (subject to hydrolysis) is 1. The summed E-state index contributed by atoms with van der Waals surface area (Å²) >= 11 is 7.89. The second-order valence-electron chi connectivity index (χ2n) is 17.5. The summed E-state index contributed by atoms with van der Waals surface area (Å²) in [6.45, 7) is 6.42. The Morgan fingerprint density at radius 3 is 2.35 bits per heavy atom. The summed E-state index contributed by atoms with van der Waals surface area (Å²) < 4.78 is 29.6. The Kier molecular flexibility index (Phi) is 15.1. The van der Waals surface area contributed by atoms with Gasteiger partial charge in [0.15, 0.2) is 5.72 Å². The number of carbonyl (C=O) groups excluding carboxylic acids is 8. The highest BCUT2D eigenvalue weighted by Crippen LogP contribution is 2.50. The molecule has 6 heterocycles. The molecule has 21 heteroatoms. The van der Waals surface area contributed by atoms with E-state index in [2.05, 4.69) is 5.32 Å². The lowest BCUT2D eigenvalue weighted by Gasteiger charge is -2.59. The van der Waals surface area contributed by atoms with Gasteiger partial charge in [0.1, 0.15) is 46.3 Å². The number of anilines is 1. The van der Waals surface area contributed by atoms with Gasteiger partial charge in [0.2, 0.25) is 23.6 Å². The molecule has 0 radical (unpaired) electrons. The van der Waals surface area contributed by atoms with Crippen LogP contribution in [0.4, 0.5) is 10.5 Å². The molecule has 6 aliphatic heterocycles. The number of allylic oxidation sites excluding steroid dienone is 3. The van der Waals surface area contributed by atoms with Crippen molar-refractivity contribution in [3.05, 3.63) is 58.7 Å². The van der Waals surface area contributed by atoms with Crippen LogP contribution in [0.15, 0.2) is 48.1 Å². The molecule has 3 fully saturated rings. The third-order valence-corrected chi connectivity index (χ3v) is 14.3. The van der Waals surface area contributed by atoms with Crippen molar-refractivity contribution in [1.82, 2.24) is 20.0 Å². The molecule has 8 atom stereocenters. The number of ether oxygens (including phenoxy) is 5. The van der Waals surface area contributed by atoms with Crippen LogP contribution in [-0.4, -0.2) is 161 Å². The van der Waals surface area contributed by atoms with E-state index in [1.807, 2.05) is 13.0 Å². The zero-order valence-corrected chi connectivity index (χ0v) is 39.7. The van der Waals surface area contributed by atoms with E-state index in [4.69, 9.17) is 35.3 Å². The number of rotatable bonds is 12. The molecule has 1 aromatic carbocycles. The van der Waals surface area contributed by atoms with E-state index in [1.54, 1.807) is 38.1 Å². The molecule has 358 valence electrons. The maximum Gasteiger partial charge on any atom is 0.409 e. The number of esters is 1. The van der Waals surface area contributed by atoms with Crippen molar-refractivity contribution in [1.29, 1.82) is 0 Å². The quantitative estimate of drug-likeness (QED) is 0.227. The number of amides is 7. The van der Waals surface area contributed by atoms with E-state index in [0.717, 1.165) is 44.9 Å². The van der Waals surface area contributed by atoms with Gasteiger partial charge in [0.25, 0.3) is 11.8 Å². The first-order valence-corrected chi connectivity index (χ1v) is 22.8. The molecule has 0 saturated carbocycles. The molecule has 6 bridgehead atoms. The Balaban J connectivity index is 1.18. The molecule has 7 amide bonds. The Morgan fingerprint density at radius 1 is 1.03 bits per heavy atom. The van der Waals surface area contributed by atoms with Crippen molar-refractivity contribution in [2.45, 2.75) is 113 Å². The van der Waals surface area contributed by atoms with Crippen LogP contribution in [0.1, 0.15) is 65.4 Å². The Bertz CT molecular complexity index is 2240. The highest BCUT2D eigenvalue weighted by atomic mass is 35.5. The molecule has 0 aromatic heterocycles. The normalized spacial score (nSPS) is 30.9. The van der Waals surface area contributed by atoms with E-state index in [0.29, 0.717) is 17.9 Å². The van der Waals surface area contributed by atoms with Crippen molar-refractivity contribution >= 4 is 76.6 Å². The lowest BCUT2D eigenvalue weighted by molar-refractivity contribution is -0.328. The summed E-state index contributed by atoms with van der Waals surface area (Å²) in [6, 6.07) is 2.35. The molecule has 3 saturated heterocycles. The second-order valence-corrected chi connectivity index (χ2v) is 19.2. The van der Waals surface area contributed by atoms with Crippen molar-refractivity contribution in [2.75, 3.05) is 52.1 Å². The first-order valence-electron chi connectivity index (χ1n) is 21.4. The van der Waals surface area contributed by atoms with Crippen molar-refractivity contribution in [3.8, 4) is 5.75 Å². The molecule has 19 nitrogen and oxygen atoms in total. The summed E-state index contributed by atoms with van der Waals surface area (Å²) in [6.07, 6.45) is 2.93. The van der Waals surface area contributed by atoms with Crippen LogP contribution >= 0.6 is 23.4 Å². The third-order valence-electron chi connectivity index (χ3n) is 12.7. The number of imide groups is 2. The number of hydrogen-bond donors (Lipinski definition) is 2. The van der Waals surface area contributed by atoms with E-state index in [9.17, 15) is 43.5 Å². The van der Waals surface area contributed by atoms with Gasteiger partial charge in [0.05, 0.1) is 24.5 Å². The number of halogens is 1. The average molecular weight is 958 g/mol. The fraction of sp³-hybridized carbons (Fsp3) is 0.556. The number of likely N-dealkylation sites (N-methyl/N-ethyl adjacent to an activating group) is 1. The number of nitrogens with zero attached hydrogens (tertiary/aromatic N) is 4. The molecule has 0 aliphatic carbocycles. The smallest absolute Gasteiger partial charge is 0.409 e. The predicted molar refractivity (Wildman–Crippen MR) is 239 cm³/mol. The Morgan fingerprint density at radius 2 is 1.70 bits per heavy atom. The molecular weight excluding hydrogens is 902 g/mol. The molecule has 2 N–H and O–H groups in total. The first kappa shape index (κ1) is 50.1. The highest BCUT2D eigenvalue weighted by molar-refractivity contribution is 8.00. The van der Waals surface area contributed by atoms with Gasteiger partial charge in [-0.25, -0.2) is 9.59 Å². The van der Waals surface area contributed by atoms with Gasteiger partial charge >= 0.3 is 12.1 Å². The van der Waals surface area contributed by atoms with Crippen molar-refractivity contribution in [2.24, 2.45) is 0 Å². The monoisotopic (exact) mass is 957 g/mol. The molecule has 3 unspecified atom stereocenters.